The first-order valence-corrected chi connectivity index (χ1v) is 5.66. The molecular weight excluding hydrogens is 202 g/mol. The van der Waals surface area contributed by atoms with Gasteiger partial charge in [-0.3, -0.25) is 8.78 Å². The third kappa shape index (κ3) is 10.1. The van der Waals surface area contributed by atoms with Crippen LogP contribution in [0.3, 0.4) is 0 Å². The van der Waals surface area contributed by atoms with E-state index in [-0.39, 0.29) is 19.5 Å². The molecule has 0 aromatic rings. The molecule has 0 amide bonds. The lowest BCUT2D eigenvalue weighted by Gasteiger charge is -2.16. The zero-order valence-electron chi connectivity index (χ0n) is 9.51. The molecule has 0 fully saturated rings. The van der Waals surface area contributed by atoms with Crippen molar-refractivity contribution in [2.24, 2.45) is 0 Å². The molecule has 2 nitrogen and oxygen atoms in total. The zero-order valence-corrected chi connectivity index (χ0v) is 9.51. The molecule has 0 aliphatic heterocycles. The predicted molar refractivity (Wildman–Crippen MR) is 56.7 cm³/mol. The Kier molecular flexibility index (Phi) is 11.7. The van der Waals surface area contributed by atoms with Crippen molar-refractivity contribution in [3.8, 4) is 0 Å². The largest absolute Gasteiger partial charge is 0.379 e. The molecule has 0 aromatic heterocycles. The SMILES string of the molecule is CCCC(COCCCF)OCCCF. The van der Waals surface area contributed by atoms with Crippen molar-refractivity contribution in [2.45, 2.75) is 38.7 Å². The summed E-state index contributed by atoms with van der Waals surface area (Å²) < 4.78 is 34.3. The van der Waals surface area contributed by atoms with Crippen LogP contribution in [0.15, 0.2) is 0 Å². The number of halogens is 2. The van der Waals surface area contributed by atoms with Crippen molar-refractivity contribution in [3.05, 3.63) is 0 Å². The Morgan fingerprint density at radius 1 is 1.07 bits per heavy atom. The van der Waals surface area contributed by atoms with Crippen LogP contribution in [0.2, 0.25) is 0 Å². The Balaban J connectivity index is 3.44. The fourth-order valence-corrected chi connectivity index (χ4v) is 1.21. The number of alkyl halides is 2. The molecule has 0 bridgehead atoms. The Morgan fingerprint density at radius 2 is 1.73 bits per heavy atom. The summed E-state index contributed by atoms with van der Waals surface area (Å²) in [4.78, 5) is 0. The van der Waals surface area contributed by atoms with Crippen molar-refractivity contribution in [2.75, 3.05) is 33.2 Å². The summed E-state index contributed by atoms with van der Waals surface area (Å²) in [6, 6.07) is 0. The van der Waals surface area contributed by atoms with E-state index in [2.05, 4.69) is 6.92 Å². The Morgan fingerprint density at radius 3 is 2.33 bits per heavy atom. The summed E-state index contributed by atoms with van der Waals surface area (Å²) in [5.41, 5.74) is 0. The monoisotopic (exact) mass is 224 g/mol. The van der Waals surface area contributed by atoms with E-state index in [1.54, 1.807) is 0 Å². The van der Waals surface area contributed by atoms with Crippen LogP contribution in [0.1, 0.15) is 32.6 Å². The average Bonchev–Trinajstić information content (AvgIpc) is 2.24. The molecule has 0 aliphatic rings. The quantitative estimate of drug-likeness (QED) is 0.502. The highest BCUT2D eigenvalue weighted by atomic mass is 19.1. The maximum Gasteiger partial charge on any atom is 0.0916 e. The third-order valence-electron chi connectivity index (χ3n) is 1.97. The van der Waals surface area contributed by atoms with E-state index >= 15 is 0 Å². The summed E-state index contributed by atoms with van der Waals surface area (Å²) in [6.45, 7) is 2.73. The molecule has 4 heteroatoms. The summed E-state index contributed by atoms with van der Waals surface area (Å²) in [6.07, 6.45) is 2.81. The molecule has 0 rings (SSSR count). The van der Waals surface area contributed by atoms with Gasteiger partial charge in [0.1, 0.15) is 0 Å². The van der Waals surface area contributed by atoms with Gasteiger partial charge in [-0.2, -0.15) is 0 Å². The van der Waals surface area contributed by atoms with Crippen LogP contribution < -0.4 is 0 Å². The first kappa shape index (κ1) is 14.8. The molecule has 0 radical (unpaired) electrons. The highest BCUT2D eigenvalue weighted by molar-refractivity contribution is 4.56. The first-order valence-electron chi connectivity index (χ1n) is 5.66. The van der Waals surface area contributed by atoms with Gasteiger partial charge in [0.05, 0.1) is 26.1 Å². The Labute approximate surface area is 90.9 Å². The fourth-order valence-electron chi connectivity index (χ4n) is 1.21. The molecule has 0 aliphatic carbocycles. The second-order valence-corrected chi connectivity index (χ2v) is 3.44. The van der Waals surface area contributed by atoms with E-state index in [9.17, 15) is 8.78 Å². The molecule has 1 unspecified atom stereocenters. The normalized spacial score (nSPS) is 13.0. The molecule has 1 atom stereocenters. The van der Waals surface area contributed by atoms with Crippen LogP contribution in [0.25, 0.3) is 0 Å². The Hall–Kier alpha value is -0.220. The van der Waals surface area contributed by atoms with Crippen LogP contribution >= 0.6 is 0 Å². The minimum atomic E-state index is -0.346. The highest BCUT2D eigenvalue weighted by Crippen LogP contribution is 2.04. The van der Waals surface area contributed by atoms with Crippen LogP contribution in [0.4, 0.5) is 8.78 Å². The van der Waals surface area contributed by atoms with Gasteiger partial charge in [0.2, 0.25) is 0 Å². The van der Waals surface area contributed by atoms with E-state index in [1.165, 1.54) is 0 Å². The lowest BCUT2D eigenvalue weighted by atomic mass is 10.2. The van der Waals surface area contributed by atoms with Crippen molar-refractivity contribution in [1.82, 2.24) is 0 Å². The van der Waals surface area contributed by atoms with Crippen LogP contribution in [0, 0.1) is 0 Å². The highest BCUT2D eigenvalue weighted by Gasteiger charge is 2.07. The second-order valence-electron chi connectivity index (χ2n) is 3.44. The van der Waals surface area contributed by atoms with Gasteiger partial charge in [-0.1, -0.05) is 13.3 Å². The lowest BCUT2D eigenvalue weighted by Crippen LogP contribution is -2.21. The molecule has 0 heterocycles. The zero-order chi connectivity index (χ0) is 11.4. The maximum atomic E-state index is 11.8. The van der Waals surface area contributed by atoms with E-state index in [0.717, 1.165) is 12.8 Å². The van der Waals surface area contributed by atoms with Crippen LogP contribution in [-0.2, 0) is 9.47 Å². The summed E-state index contributed by atoms with van der Waals surface area (Å²) in [5.74, 6) is 0. The minimum Gasteiger partial charge on any atom is -0.379 e. The van der Waals surface area contributed by atoms with Gasteiger partial charge in [-0.15, -0.1) is 0 Å². The predicted octanol–water partition coefficient (Wildman–Crippen LogP) is 2.91. The van der Waals surface area contributed by atoms with Gasteiger partial charge >= 0.3 is 0 Å². The van der Waals surface area contributed by atoms with Gasteiger partial charge in [-0.25, -0.2) is 0 Å². The van der Waals surface area contributed by atoms with Gasteiger partial charge < -0.3 is 9.47 Å². The van der Waals surface area contributed by atoms with Gasteiger partial charge in [0.25, 0.3) is 0 Å². The minimum absolute atomic E-state index is 0.0289. The topological polar surface area (TPSA) is 18.5 Å². The Bertz CT molecular complexity index is 123. The molecule has 0 aromatic carbocycles. The van der Waals surface area contributed by atoms with Gasteiger partial charge in [0, 0.05) is 13.2 Å². The number of ether oxygens (including phenoxy) is 2. The van der Waals surface area contributed by atoms with Gasteiger partial charge in [-0.05, 0) is 19.3 Å². The molecule has 0 saturated heterocycles. The molecule has 0 saturated carbocycles. The number of hydrogen-bond donors (Lipinski definition) is 0. The molecule has 92 valence electrons. The lowest BCUT2D eigenvalue weighted by molar-refractivity contribution is -0.0236. The average molecular weight is 224 g/mol. The number of rotatable bonds is 11. The smallest absolute Gasteiger partial charge is 0.0916 e. The second kappa shape index (κ2) is 11.9. The summed E-state index contributed by atoms with van der Waals surface area (Å²) >= 11 is 0. The third-order valence-corrected chi connectivity index (χ3v) is 1.97. The van der Waals surface area contributed by atoms with E-state index in [4.69, 9.17) is 9.47 Å². The first-order chi connectivity index (χ1) is 7.35. The summed E-state index contributed by atoms with van der Waals surface area (Å²) in [7, 11) is 0. The standard InChI is InChI=1S/C11H22F2O2/c1-2-5-11(15-9-4-7-13)10-14-8-3-6-12/h11H,2-10H2,1H3. The molecule has 0 N–H and O–H groups in total. The molecular formula is C11H22F2O2. The van der Waals surface area contributed by atoms with Gasteiger partial charge in [0.15, 0.2) is 0 Å². The maximum absolute atomic E-state index is 11.8. The summed E-state index contributed by atoms with van der Waals surface area (Å²) in [5, 5.41) is 0. The van der Waals surface area contributed by atoms with Crippen LogP contribution in [-0.4, -0.2) is 39.3 Å². The van der Waals surface area contributed by atoms with Crippen molar-refractivity contribution in [3.63, 3.8) is 0 Å². The van der Waals surface area contributed by atoms with Crippen molar-refractivity contribution >= 4 is 0 Å². The fraction of sp³-hybridized carbons (Fsp3) is 1.00. The van der Waals surface area contributed by atoms with E-state index in [0.29, 0.717) is 32.7 Å². The van der Waals surface area contributed by atoms with Crippen LogP contribution in [0.5, 0.6) is 0 Å². The number of hydrogen-bond acceptors (Lipinski definition) is 2. The van der Waals surface area contributed by atoms with E-state index < -0.39 is 0 Å². The van der Waals surface area contributed by atoms with E-state index in [1.807, 2.05) is 0 Å². The van der Waals surface area contributed by atoms with Crippen molar-refractivity contribution < 1.29 is 18.3 Å². The molecule has 15 heavy (non-hydrogen) atoms. The van der Waals surface area contributed by atoms with Crippen molar-refractivity contribution in [1.29, 1.82) is 0 Å². The molecule has 0 spiro atoms.